The maximum Gasteiger partial charge on any atom is 0.410 e. The predicted molar refractivity (Wildman–Crippen MR) is 108 cm³/mol. The van der Waals surface area contributed by atoms with Crippen molar-refractivity contribution in [3.8, 4) is 5.75 Å². The Labute approximate surface area is 175 Å². The number of aliphatic hydroxyl groups is 1. The second-order valence-corrected chi connectivity index (χ2v) is 8.06. The number of carbonyl (C=O) groups is 1. The van der Waals surface area contributed by atoms with E-state index in [9.17, 15) is 14.3 Å². The standard InChI is InChI=1S/C23H26FNO5/c1-28-21-8-7-18(24)9-17(21)10-23(27)11-19-14-29-15-20(12-23)25(19)22(26)30-13-16-5-3-2-4-6-16/h2-9,19-20,27H,10-15H2,1H3. The third-order valence-electron chi connectivity index (χ3n) is 5.82. The molecule has 2 bridgehead atoms. The minimum absolute atomic E-state index is 0.196. The lowest BCUT2D eigenvalue weighted by atomic mass is 9.77. The fourth-order valence-electron chi connectivity index (χ4n) is 4.55. The van der Waals surface area contributed by atoms with E-state index in [4.69, 9.17) is 14.2 Å². The van der Waals surface area contributed by atoms with E-state index in [1.54, 1.807) is 11.0 Å². The van der Waals surface area contributed by atoms with Gasteiger partial charge in [0.1, 0.15) is 18.2 Å². The Balaban J connectivity index is 1.46. The van der Waals surface area contributed by atoms with Crippen molar-refractivity contribution in [1.29, 1.82) is 0 Å². The summed E-state index contributed by atoms with van der Waals surface area (Å²) in [7, 11) is 1.52. The van der Waals surface area contributed by atoms with E-state index in [0.717, 1.165) is 5.56 Å². The molecule has 2 atom stereocenters. The van der Waals surface area contributed by atoms with Gasteiger partial charge >= 0.3 is 6.09 Å². The second-order valence-electron chi connectivity index (χ2n) is 8.06. The van der Waals surface area contributed by atoms with Gasteiger partial charge in [-0.3, -0.25) is 4.90 Å². The third-order valence-corrected chi connectivity index (χ3v) is 5.82. The number of ether oxygens (including phenoxy) is 3. The number of fused-ring (bicyclic) bond motifs is 2. The molecule has 4 rings (SSSR count). The SMILES string of the molecule is COc1ccc(F)cc1CC1(O)CC2COCC(C1)N2C(=O)OCc1ccccc1. The Morgan fingerprint density at radius 3 is 2.57 bits per heavy atom. The van der Waals surface area contributed by atoms with Crippen molar-refractivity contribution in [1.82, 2.24) is 4.90 Å². The lowest BCUT2D eigenvalue weighted by Crippen LogP contribution is -2.64. The van der Waals surface area contributed by atoms with Gasteiger partial charge in [-0.05, 0) is 42.2 Å². The molecule has 1 N–H and O–H groups in total. The molecule has 30 heavy (non-hydrogen) atoms. The monoisotopic (exact) mass is 415 g/mol. The number of amides is 1. The van der Waals surface area contributed by atoms with Crippen molar-refractivity contribution >= 4 is 6.09 Å². The predicted octanol–water partition coefficient (Wildman–Crippen LogP) is 3.31. The van der Waals surface area contributed by atoms with Gasteiger partial charge in [-0.2, -0.15) is 0 Å². The molecule has 2 aliphatic rings. The van der Waals surface area contributed by atoms with Gasteiger partial charge < -0.3 is 19.3 Å². The summed E-state index contributed by atoms with van der Waals surface area (Å²) in [6.07, 6.45) is 0.489. The van der Waals surface area contributed by atoms with E-state index in [1.807, 2.05) is 30.3 Å². The number of rotatable bonds is 5. The number of hydrogen-bond acceptors (Lipinski definition) is 5. The molecular weight excluding hydrogens is 389 g/mol. The summed E-state index contributed by atoms with van der Waals surface area (Å²) >= 11 is 0. The average Bonchev–Trinajstić information content (AvgIpc) is 2.72. The molecule has 2 aromatic rings. The van der Waals surface area contributed by atoms with E-state index in [-0.39, 0.29) is 30.9 Å². The van der Waals surface area contributed by atoms with Crippen molar-refractivity contribution in [3.05, 3.63) is 65.5 Å². The number of piperidine rings is 1. The fraction of sp³-hybridized carbons (Fsp3) is 0.435. The number of nitrogens with zero attached hydrogens (tertiary/aromatic N) is 1. The number of carbonyl (C=O) groups excluding carboxylic acids is 1. The van der Waals surface area contributed by atoms with Crippen LogP contribution in [0.2, 0.25) is 0 Å². The van der Waals surface area contributed by atoms with Gasteiger partial charge in [0.15, 0.2) is 0 Å². The first-order valence-electron chi connectivity index (χ1n) is 10.1. The van der Waals surface area contributed by atoms with Crippen molar-refractivity contribution in [3.63, 3.8) is 0 Å². The zero-order valence-corrected chi connectivity index (χ0v) is 16.9. The molecule has 1 amide bonds. The average molecular weight is 415 g/mol. The van der Waals surface area contributed by atoms with Crippen molar-refractivity contribution < 1.29 is 28.5 Å². The number of morpholine rings is 1. The summed E-state index contributed by atoms with van der Waals surface area (Å²) in [5, 5.41) is 11.3. The van der Waals surface area contributed by atoms with Crippen LogP contribution in [0.4, 0.5) is 9.18 Å². The van der Waals surface area contributed by atoms with Crippen LogP contribution < -0.4 is 4.74 Å². The van der Waals surface area contributed by atoms with Gasteiger partial charge in [0.25, 0.3) is 0 Å². The largest absolute Gasteiger partial charge is 0.496 e. The van der Waals surface area contributed by atoms with Gasteiger partial charge in [-0.1, -0.05) is 30.3 Å². The van der Waals surface area contributed by atoms with Gasteiger partial charge in [0.05, 0.1) is 38.0 Å². The molecule has 2 aromatic carbocycles. The minimum Gasteiger partial charge on any atom is -0.496 e. The Morgan fingerprint density at radius 2 is 1.90 bits per heavy atom. The lowest BCUT2D eigenvalue weighted by molar-refractivity contribution is -0.133. The smallest absolute Gasteiger partial charge is 0.410 e. The van der Waals surface area contributed by atoms with E-state index in [2.05, 4.69) is 0 Å². The van der Waals surface area contributed by atoms with E-state index in [1.165, 1.54) is 19.2 Å². The van der Waals surface area contributed by atoms with E-state index < -0.39 is 11.7 Å². The van der Waals surface area contributed by atoms with Crippen LogP contribution in [-0.2, 0) is 22.5 Å². The number of benzene rings is 2. The molecule has 0 aliphatic carbocycles. The molecule has 2 aliphatic heterocycles. The minimum atomic E-state index is -1.09. The molecule has 0 radical (unpaired) electrons. The Hall–Kier alpha value is -2.64. The molecule has 2 saturated heterocycles. The molecule has 0 aromatic heterocycles. The maximum absolute atomic E-state index is 13.8. The summed E-state index contributed by atoms with van der Waals surface area (Å²) in [4.78, 5) is 14.5. The molecule has 2 heterocycles. The molecule has 160 valence electrons. The van der Waals surface area contributed by atoms with Crippen LogP contribution in [0.1, 0.15) is 24.0 Å². The summed E-state index contributed by atoms with van der Waals surface area (Å²) in [6.45, 7) is 0.861. The Bertz CT molecular complexity index is 876. The van der Waals surface area contributed by atoms with Gasteiger partial charge in [-0.25, -0.2) is 9.18 Å². The highest BCUT2D eigenvalue weighted by Crippen LogP contribution is 2.38. The van der Waals surface area contributed by atoms with E-state index in [0.29, 0.717) is 37.4 Å². The second kappa shape index (κ2) is 8.62. The summed E-state index contributed by atoms with van der Waals surface area (Å²) in [6, 6.07) is 13.2. The zero-order valence-electron chi connectivity index (χ0n) is 16.9. The Kier molecular flexibility index (Phi) is 5.92. The first kappa shape index (κ1) is 20.6. The number of hydrogen-bond donors (Lipinski definition) is 1. The first-order valence-corrected chi connectivity index (χ1v) is 10.1. The van der Waals surface area contributed by atoms with Gasteiger partial charge in [-0.15, -0.1) is 0 Å². The lowest BCUT2D eigenvalue weighted by Gasteiger charge is -2.51. The van der Waals surface area contributed by atoms with Gasteiger partial charge in [0, 0.05) is 6.42 Å². The molecule has 2 fully saturated rings. The molecular formula is C23H26FNO5. The maximum atomic E-state index is 13.8. The van der Waals surface area contributed by atoms with Crippen LogP contribution in [0.5, 0.6) is 5.75 Å². The summed E-state index contributed by atoms with van der Waals surface area (Å²) < 4.78 is 30.3. The highest BCUT2D eigenvalue weighted by molar-refractivity contribution is 5.69. The topological polar surface area (TPSA) is 68.2 Å². The van der Waals surface area contributed by atoms with Crippen LogP contribution in [-0.4, -0.2) is 54.1 Å². The van der Waals surface area contributed by atoms with Crippen LogP contribution in [0.3, 0.4) is 0 Å². The van der Waals surface area contributed by atoms with Crippen molar-refractivity contribution in [2.75, 3.05) is 20.3 Å². The normalized spacial score (nSPS) is 25.6. The molecule has 0 saturated carbocycles. The molecule has 2 unspecified atom stereocenters. The van der Waals surface area contributed by atoms with Crippen LogP contribution in [0.15, 0.2) is 48.5 Å². The zero-order chi connectivity index (χ0) is 21.1. The van der Waals surface area contributed by atoms with Gasteiger partial charge in [0.2, 0.25) is 0 Å². The molecule has 7 heteroatoms. The summed E-state index contributed by atoms with van der Waals surface area (Å²) in [5.41, 5.74) is 0.439. The van der Waals surface area contributed by atoms with Crippen LogP contribution in [0, 0.1) is 5.82 Å². The summed E-state index contributed by atoms with van der Waals surface area (Å²) in [5.74, 6) is 0.163. The molecule has 0 spiro atoms. The third kappa shape index (κ3) is 4.42. The van der Waals surface area contributed by atoms with Crippen LogP contribution in [0.25, 0.3) is 0 Å². The van der Waals surface area contributed by atoms with E-state index >= 15 is 0 Å². The van der Waals surface area contributed by atoms with Crippen molar-refractivity contribution in [2.24, 2.45) is 0 Å². The number of methoxy groups -OCH3 is 1. The van der Waals surface area contributed by atoms with Crippen LogP contribution >= 0.6 is 0 Å². The Morgan fingerprint density at radius 1 is 1.20 bits per heavy atom. The fourth-order valence-corrected chi connectivity index (χ4v) is 4.55. The highest BCUT2D eigenvalue weighted by atomic mass is 19.1. The number of halogens is 1. The quantitative estimate of drug-likeness (QED) is 0.812. The highest BCUT2D eigenvalue weighted by Gasteiger charge is 2.48. The van der Waals surface area contributed by atoms with Crippen molar-refractivity contribution in [2.45, 2.75) is 43.6 Å². The first-order chi connectivity index (χ1) is 14.5. The molecule has 6 nitrogen and oxygen atoms in total.